The molecule has 0 amide bonds. The lowest BCUT2D eigenvalue weighted by Gasteiger charge is -2.55. The molecule has 4 rings (SSSR count). The Morgan fingerprint density at radius 1 is 1.00 bits per heavy atom. The maximum Gasteiger partial charge on any atom is 0.108 e. The third-order valence-corrected chi connectivity index (χ3v) is 10.2. The summed E-state index contributed by atoms with van der Waals surface area (Å²) in [4.78, 5) is 0. The molecule has 4 aliphatic rings. The van der Waals surface area contributed by atoms with E-state index in [0.29, 0.717) is 29.1 Å². The summed E-state index contributed by atoms with van der Waals surface area (Å²) in [6.45, 7) is 12.3. The molecule has 0 aromatic heterocycles. The van der Waals surface area contributed by atoms with E-state index in [1.807, 2.05) is 6.08 Å². The van der Waals surface area contributed by atoms with E-state index in [0.717, 1.165) is 19.3 Å². The van der Waals surface area contributed by atoms with E-state index in [1.54, 1.807) is 26.3 Å². The largest absolute Gasteiger partial charge is 0.393 e. The molecule has 3 N–H and O–H groups in total. The van der Waals surface area contributed by atoms with Gasteiger partial charge in [-0.1, -0.05) is 56.2 Å². The van der Waals surface area contributed by atoms with E-state index in [1.165, 1.54) is 31.3 Å². The molecule has 31 heavy (non-hydrogen) atoms. The summed E-state index contributed by atoms with van der Waals surface area (Å²) in [6, 6.07) is 0. The third-order valence-electron chi connectivity index (χ3n) is 10.2. The van der Waals surface area contributed by atoms with Gasteiger partial charge in [0.15, 0.2) is 0 Å². The Morgan fingerprint density at radius 2 is 1.71 bits per heavy atom. The molecular formula is C28H44O3. The lowest BCUT2D eigenvalue weighted by atomic mass is 9.50. The fourth-order valence-electron chi connectivity index (χ4n) is 7.56. The van der Waals surface area contributed by atoms with Crippen LogP contribution in [0.25, 0.3) is 0 Å². The van der Waals surface area contributed by atoms with E-state index in [4.69, 9.17) is 0 Å². The van der Waals surface area contributed by atoms with Crippen LogP contribution in [0, 0.1) is 34.5 Å². The van der Waals surface area contributed by atoms with Crippen molar-refractivity contribution in [2.45, 2.75) is 104 Å². The minimum absolute atomic E-state index is 0.160. The van der Waals surface area contributed by atoms with Gasteiger partial charge in [-0.3, -0.25) is 0 Å². The summed E-state index contributed by atoms with van der Waals surface area (Å²) >= 11 is 0. The summed E-state index contributed by atoms with van der Waals surface area (Å²) in [7, 11) is 0. The standard InChI is InChI=1S/C28H44O3/c1-18(11-16-28(6,31)25(2,3)30)22-9-10-23-21-8-7-19-17-20(29)12-14-26(19,4)24(21)13-15-27(22,23)5/h7-8,11,16,18,20,22-24,29-31H,9-10,12-15,17H2,1-6H3/b16-11+/t18-,20+,22-,23+,24+,26+,27-,28?/m1/s1. The predicted molar refractivity (Wildman–Crippen MR) is 126 cm³/mol. The van der Waals surface area contributed by atoms with Gasteiger partial charge >= 0.3 is 0 Å². The number of fused-ring (bicyclic) bond motifs is 5. The molecule has 0 saturated heterocycles. The zero-order valence-electron chi connectivity index (χ0n) is 20.5. The van der Waals surface area contributed by atoms with Crippen LogP contribution >= 0.6 is 0 Å². The van der Waals surface area contributed by atoms with Crippen LogP contribution in [0.2, 0.25) is 0 Å². The molecule has 0 aromatic rings. The Kier molecular flexibility index (Phi) is 5.68. The van der Waals surface area contributed by atoms with Crippen LogP contribution in [0.15, 0.2) is 35.5 Å². The number of hydrogen-bond acceptors (Lipinski definition) is 3. The van der Waals surface area contributed by atoms with Gasteiger partial charge in [0.05, 0.1) is 11.7 Å². The van der Waals surface area contributed by atoms with E-state index >= 15 is 0 Å². The normalized spacial score (nSPS) is 43.4. The Hall–Kier alpha value is -0.900. The molecule has 0 radical (unpaired) electrons. The maximum atomic E-state index is 10.7. The fourth-order valence-corrected chi connectivity index (χ4v) is 7.56. The predicted octanol–water partition coefficient (Wildman–Crippen LogP) is 5.56. The molecule has 3 fully saturated rings. The SMILES string of the molecule is C[C@H](/C=C/C(C)(O)C(C)(C)O)[C@H]1CC[C@H]2C3=CC=C4C[C@@H](O)CC[C@]4(C)[C@H]3CC[C@]12C. The molecule has 8 atom stereocenters. The quantitative estimate of drug-likeness (QED) is 0.514. The van der Waals surface area contributed by atoms with Gasteiger partial charge in [0.1, 0.15) is 5.60 Å². The third kappa shape index (κ3) is 3.69. The Bertz CT molecular complexity index is 798. The summed E-state index contributed by atoms with van der Waals surface area (Å²) in [5.74, 6) is 2.25. The molecule has 0 heterocycles. The molecule has 3 heteroatoms. The summed E-state index contributed by atoms with van der Waals surface area (Å²) < 4.78 is 0. The van der Waals surface area contributed by atoms with Crippen molar-refractivity contribution in [1.29, 1.82) is 0 Å². The Labute approximate surface area is 189 Å². The zero-order chi connectivity index (χ0) is 22.8. The molecule has 3 saturated carbocycles. The van der Waals surface area contributed by atoms with Crippen molar-refractivity contribution in [3.8, 4) is 0 Å². The van der Waals surface area contributed by atoms with Gasteiger partial charge in [-0.05, 0) is 100 Å². The number of hydrogen-bond donors (Lipinski definition) is 3. The molecule has 0 aliphatic heterocycles. The van der Waals surface area contributed by atoms with E-state index < -0.39 is 11.2 Å². The summed E-state index contributed by atoms with van der Waals surface area (Å²) in [5.41, 5.74) is 1.29. The van der Waals surface area contributed by atoms with Crippen molar-refractivity contribution in [3.05, 3.63) is 35.5 Å². The smallest absolute Gasteiger partial charge is 0.108 e. The van der Waals surface area contributed by atoms with Crippen LogP contribution in [0.4, 0.5) is 0 Å². The van der Waals surface area contributed by atoms with Crippen LogP contribution < -0.4 is 0 Å². The van der Waals surface area contributed by atoms with E-state index in [9.17, 15) is 15.3 Å². The lowest BCUT2D eigenvalue weighted by molar-refractivity contribution is -0.0886. The minimum atomic E-state index is -1.23. The number of rotatable bonds is 4. The second kappa shape index (κ2) is 7.57. The van der Waals surface area contributed by atoms with Crippen molar-refractivity contribution >= 4 is 0 Å². The average Bonchev–Trinajstić information content (AvgIpc) is 3.03. The zero-order valence-corrected chi connectivity index (χ0v) is 20.5. The van der Waals surface area contributed by atoms with Crippen LogP contribution in [-0.2, 0) is 0 Å². The molecule has 1 unspecified atom stereocenters. The topological polar surface area (TPSA) is 60.7 Å². The highest BCUT2D eigenvalue weighted by atomic mass is 16.3. The van der Waals surface area contributed by atoms with Gasteiger partial charge in [0.25, 0.3) is 0 Å². The molecule has 3 nitrogen and oxygen atoms in total. The van der Waals surface area contributed by atoms with Gasteiger partial charge in [0, 0.05) is 0 Å². The van der Waals surface area contributed by atoms with Crippen LogP contribution in [0.3, 0.4) is 0 Å². The average molecular weight is 429 g/mol. The molecule has 0 aromatic carbocycles. The second-order valence-electron chi connectivity index (χ2n) is 12.4. The van der Waals surface area contributed by atoms with Gasteiger partial charge in [-0.2, -0.15) is 0 Å². The molecule has 4 aliphatic carbocycles. The minimum Gasteiger partial charge on any atom is -0.393 e. The summed E-state index contributed by atoms with van der Waals surface area (Å²) in [6.07, 6.45) is 16.5. The molecule has 0 bridgehead atoms. The second-order valence-corrected chi connectivity index (χ2v) is 12.4. The lowest BCUT2D eigenvalue weighted by Crippen LogP contribution is -2.47. The van der Waals surface area contributed by atoms with Gasteiger partial charge < -0.3 is 15.3 Å². The Balaban J connectivity index is 1.57. The highest BCUT2D eigenvalue weighted by molar-refractivity contribution is 5.39. The molecule has 174 valence electrons. The van der Waals surface area contributed by atoms with E-state index in [-0.39, 0.29) is 11.5 Å². The Morgan fingerprint density at radius 3 is 2.39 bits per heavy atom. The van der Waals surface area contributed by atoms with Gasteiger partial charge in [-0.25, -0.2) is 0 Å². The number of aliphatic hydroxyl groups excluding tert-OH is 1. The highest BCUT2D eigenvalue weighted by Gasteiger charge is 2.56. The van der Waals surface area contributed by atoms with Crippen molar-refractivity contribution in [2.24, 2.45) is 34.5 Å². The van der Waals surface area contributed by atoms with Gasteiger partial charge in [0.2, 0.25) is 0 Å². The molecular weight excluding hydrogens is 384 g/mol. The number of aliphatic hydroxyl groups is 3. The van der Waals surface area contributed by atoms with Crippen molar-refractivity contribution in [3.63, 3.8) is 0 Å². The van der Waals surface area contributed by atoms with Gasteiger partial charge in [-0.15, -0.1) is 0 Å². The van der Waals surface area contributed by atoms with Crippen molar-refractivity contribution in [1.82, 2.24) is 0 Å². The highest BCUT2D eigenvalue weighted by Crippen LogP contribution is 2.66. The van der Waals surface area contributed by atoms with Crippen molar-refractivity contribution in [2.75, 3.05) is 0 Å². The maximum absolute atomic E-state index is 10.7. The van der Waals surface area contributed by atoms with Crippen LogP contribution in [0.1, 0.15) is 86.5 Å². The fraction of sp³-hybridized carbons (Fsp3) is 0.786. The monoisotopic (exact) mass is 428 g/mol. The first-order chi connectivity index (χ1) is 14.3. The van der Waals surface area contributed by atoms with E-state index in [2.05, 4.69) is 39.0 Å². The van der Waals surface area contributed by atoms with Crippen molar-refractivity contribution < 1.29 is 15.3 Å². The van der Waals surface area contributed by atoms with Crippen LogP contribution in [-0.4, -0.2) is 32.6 Å². The summed E-state index contributed by atoms with van der Waals surface area (Å²) in [5, 5.41) is 31.2. The first kappa shape index (κ1) is 23.3. The number of allylic oxidation sites excluding steroid dienone is 4. The first-order valence-corrected chi connectivity index (χ1v) is 12.5. The van der Waals surface area contributed by atoms with Crippen LogP contribution in [0.5, 0.6) is 0 Å². The first-order valence-electron chi connectivity index (χ1n) is 12.5. The molecule has 0 spiro atoms.